The number of rotatable bonds is 5. The summed E-state index contributed by atoms with van der Waals surface area (Å²) in [6, 6.07) is 16.4. The van der Waals surface area contributed by atoms with E-state index < -0.39 is 12.1 Å². The van der Waals surface area contributed by atoms with Crippen molar-refractivity contribution in [2.24, 2.45) is 0 Å². The van der Waals surface area contributed by atoms with Gasteiger partial charge in [-0.1, -0.05) is 36.0 Å². The lowest BCUT2D eigenvalue weighted by atomic mass is 10.2. The van der Waals surface area contributed by atoms with Gasteiger partial charge >= 0.3 is 5.97 Å². The summed E-state index contributed by atoms with van der Waals surface area (Å²) in [6.07, 6.45) is 1.16. The summed E-state index contributed by atoms with van der Waals surface area (Å²) >= 11 is 1.34. The average Bonchev–Trinajstić information content (AvgIpc) is 3.23. The van der Waals surface area contributed by atoms with Crippen molar-refractivity contribution in [3.05, 3.63) is 59.7 Å². The molecule has 0 saturated carbocycles. The van der Waals surface area contributed by atoms with Crippen LogP contribution in [0.1, 0.15) is 35.7 Å². The van der Waals surface area contributed by atoms with Crippen molar-refractivity contribution >= 4 is 23.6 Å². The Labute approximate surface area is 162 Å². The second-order valence-electron chi connectivity index (χ2n) is 6.29. The van der Waals surface area contributed by atoms with Crippen molar-refractivity contribution in [3.63, 3.8) is 0 Å². The van der Waals surface area contributed by atoms with Crippen LogP contribution in [0.2, 0.25) is 0 Å². The molecule has 2 aromatic rings. The Balaban J connectivity index is 1.76. The second-order valence-corrected chi connectivity index (χ2v) is 7.37. The largest absolute Gasteiger partial charge is 0.449 e. The molecule has 1 aliphatic rings. The number of nitrogens with zero attached hydrogens (tertiary/aromatic N) is 2. The van der Waals surface area contributed by atoms with Crippen molar-refractivity contribution in [1.82, 2.24) is 4.90 Å². The molecule has 1 saturated heterocycles. The van der Waals surface area contributed by atoms with Crippen molar-refractivity contribution in [1.29, 1.82) is 5.26 Å². The molecular weight excluding hydrogens is 360 g/mol. The number of hydrogen-bond acceptors (Lipinski definition) is 5. The molecule has 0 radical (unpaired) electrons. The Hall–Kier alpha value is -2.78. The molecule has 0 bridgehead atoms. The molecule has 0 N–H and O–H groups in total. The fourth-order valence-electron chi connectivity index (χ4n) is 2.96. The molecule has 3 rings (SSSR count). The molecule has 1 fully saturated rings. The second kappa shape index (κ2) is 8.74. The number of esters is 1. The highest BCUT2D eigenvalue weighted by Gasteiger charge is 2.27. The van der Waals surface area contributed by atoms with Gasteiger partial charge in [0.1, 0.15) is 6.07 Å². The first kappa shape index (κ1) is 19.0. The zero-order valence-corrected chi connectivity index (χ0v) is 15.9. The lowest BCUT2D eigenvalue weighted by molar-refractivity contribution is -0.138. The monoisotopic (exact) mass is 380 g/mol. The number of carbonyl (C=O) groups is 2. The molecular formula is C21H20N2O3S. The van der Waals surface area contributed by atoms with Crippen molar-refractivity contribution in [2.45, 2.75) is 35.7 Å². The molecule has 0 aliphatic carbocycles. The molecule has 2 aromatic carbocycles. The van der Waals surface area contributed by atoms with Crippen LogP contribution in [-0.2, 0) is 9.53 Å². The van der Waals surface area contributed by atoms with Crippen molar-refractivity contribution < 1.29 is 14.3 Å². The van der Waals surface area contributed by atoms with Crippen LogP contribution in [0.4, 0.5) is 0 Å². The van der Waals surface area contributed by atoms with Gasteiger partial charge in [0.05, 0.1) is 11.1 Å². The van der Waals surface area contributed by atoms with Gasteiger partial charge in [-0.15, -0.1) is 0 Å². The van der Waals surface area contributed by atoms with Gasteiger partial charge in [0.25, 0.3) is 5.91 Å². The lowest BCUT2D eigenvalue weighted by Gasteiger charge is -2.20. The Morgan fingerprint density at radius 3 is 2.41 bits per heavy atom. The molecule has 1 heterocycles. The van der Waals surface area contributed by atoms with Crippen molar-refractivity contribution in [2.75, 3.05) is 13.1 Å². The van der Waals surface area contributed by atoms with E-state index in [0.717, 1.165) is 30.8 Å². The number of nitriles is 1. The third-order valence-corrected chi connectivity index (χ3v) is 5.54. The summed E-state index contributed by atoms with van der Waals surface area (Å²) in [5.74, 6) is -0.687. The number of benzene rings is 2. The zero-order chi connectivity index (χ0) is 19.2. The first-order chi connectivity index (χ1) is 13.1. The number of hydrogen-bond donors (Lipinski definition) is 0. The first-order valence-electron chi connectivity index (χ1n) is 8.86. The summed E-state index contributed by atoms with van der Waals surface area (Å²) in [7, 11) is 0. The van der Waals surface area contributed by atoms with Crippen LogP contribution >= 0.6 is 11.8 Å². The van der Waals surface area contributed by atoms with Gasteiger partial charge in [0.15, 0.2) is 6.10 Å². The van der Waals surface area contributed by atoms with Crippen LogP contribution in [-0.4, -0.2) is 36.0 Å². The Morgan fingerprint density at radius 1 is 1.07 bits per heavy atom. The van der Waals surface area contributed by atoms with Gasteiger partial charge in [-0.3, -0.25) is 4.79 Å². The van der Waals surface area contributed by atoms with Gasteiger partial charge in [0, 0.05) is 22.9 Å². The van der Waals surface area contributed by atoms with Crippen LogP contribution in [0.15, 0.2) is 58.3 Å². The van der Waals surface area contributed by atoms with Crippen LogP contribution < -0.4 is 0 Å². The summed E-state index contributed by atoms with van der Waals surface area (Å²) in [5, 5.41) is 9.26. The molecule has 0 unspecified atom stereocenters. The average molecular weight is 380 g/mol. The molecule has 1 amide bonds. The lowest BCUT2D eigenvalue weighted by Crippen LogP contribution is -2.38. The third-order valence-electron chi connectivity index (χ3n) is 4.38. The highest BCUT2D eigenvalue weighted by atomic mass is 32.2. The minimum absolute atomic E-state index is 0.152. The highest BCUT2D eigenvalue weighted by molar-refractivity contribution is 7.99. The van der Waals surface area contributed by atoms with Crippen LogP contribution in [0, 0.1) is 11.3 Å². The van der Waals surface area contributed by atoms with E-state index in [1.165, 1.54) is 11.8 Å². The van der Waals surface area contributed by atoms with Crippen molar-refractivity contribution in [3.8, 4) is 6.07 Å². The van der Waals surface area contributed by atoms with E-state index in [2.05, 4.69) is 6.07 Å². The van der Waals surface area contributed by atoms with E-state index in [0.29, 0.717) is 16.0 Å². The number of ether oxygens (including phenoxy) is 1. The highest BCUT2D eigenvalue weighted by Crippen LogP contribution is 2.33. The van der Waals surface area contributed by atoms with E-state index in [-0.39, 0.29) is 5.91 Å². The molecule has 27 heavy (non-hydrogen) atoms. The fraction of sp³-hybridized carbons (Fsp3) is 0.286. The van der Waals surface area contributed by atoms with Gasteiger partial charge in [0.2, 0.25) is 0 Å². The SMILES string of the molecule is C[C@@H](OC(=O)c1ccccc1Sc1ccccc1C#N)C(=O)N1CCCC1. The topological polar surface area (TPSA) is 70.4 Å². The summed E-state index contributed by atoms with van der Waals surface area (Å²) < 4.78 is 5.44. The maximum absolute atomic E-state index is 12.7. The Bertz CT molecular complexity index is 885. The number of carbonyl (C=O) groups excluding carboxylic acids is 2. The molecule has 5 nitrogen and oxygen atoms in total. The normalized spacial score (nSPS) is 14.4. The Morgan fingerprint density at radius 2 is 1.70 bits per heavy atom. The van der Waals surface area contributed by atoms with E-state index in [1.807, 2.05) is 24.3 Å². The van der Waals surface area contributed by atoms with Gasteiger partial charge < -0.3 is 9.64 Å². The molecule has 1 atom stereocenters. The minimum Gasteiger partial charge on any atom is -0.449 e. The standard InChI is InChI=1S/C21H20N2O3S/c1-15(20(24)23-12-6-7-13-23)26-21(25)17-9-3-5-11-19(17)27-18-10-4-2-8-16(18)14-22/h2-5,8-11,15H,6-7,12-13H2,1H3/t15-/m1/s1. The fourth-order valence-corrected chi connectivity index (χ4v) is 3.97. The molecule has 0 spiro atoms. The number of likely N-dealkylation sites (tertiary alicyclic amines) is 1. The van der Waals surface area contributed by atoms with Crippen LogP contribution in [0.25, 0.3) is 0 Å². The van der Waals surface area contributed by atoms with Gasteiger partial charge in [-0.05, 0) is 44.0 Å². The van der Waals surface area contributed by atoms with Gasteiger partial charge in [-0.2, -0.15) is 5.26 Å². The van der Waals surface area contributed by atoms with Crippen LogP contribution in [0.3, 0.4) is 0 Å². The maximum atomic E-state index is 12.7. The third kappa shape index (κ3) is 4.50. The smallest absolute Gasteiger partial charge is 0.340 e. The van der Waals surface area contributed by atoms with E-state index >= 15 is 0 Å². The predicted molar refractivity (Wildman–Crippen MR) is 102 cm³/mol. The predicted octanol–water partition coefficient (Wildman–Crippen LogP) is 3.88. The van der Waals surface area contributed by atoms with E-state index in [4.69, 9.17) is 4.74 Å². The van der Waals surface area contributed by atoms with E-state index in [1.54, 1.807) is 36.1 Å². The summed E-state index contributed by atoms with van der Waals surface area (Å²) in [4.78, 5) is 28.2. The minimum atomic E-state index is -0.819. The maximum Gasteiger partial charge on any atom is 0.340 e. The molecule has 0 aromatic heterocycles. The Kier molecular flexibility index (Phi) is 6.15. The quantitative estimate of drug-likeness (QED) is 0.736. The molecule has 6 heteroatoms. The zero-order valence-electron chi connectivity index (χ0n) is 15.1. The van der Waals surface area contributed by atoms with Crippen LogP contribution in [0.5, 0.6) is 0 Å². The number of amides is 1. The molecule has 138 valence electrons. The summed E-state index contributed by atoms with van der Waals surface area (Å²) in [5.41, 5.74) is 0.930. The van der Waals surface area contributed by atoms with E-state index in [9.17, 15) is 14.9 Å². The molecule has 1 aliphatic heterocycles. The first-order valence-corrected chi connectivity index (χ1v) is 9.67. The van der Waals surface area contributed by atoms with Gasteiger partial charge in [-0.25, -0.2) is 4.79 Å². The summed E-state index contributed by atoms with van der Waals surface area (Å²) in [6.45, 7) is 3.05.